The number of pyridine rings is 1. The number of likely N-dealkylation sites (N-methyl/N-ethyl adjacent to an activating group) is 1. The average Bonchev–Trinajstić information content (AvgIpc) is 3.69. The molecule has 55 heavy (non-hydrogen) atoms. The molecule has 4 heterocycles. The van der Waals surface area contributed by atoms with Crippen molar-refractivity contribution in [3.63, 3.8) is 0 Å². The minimum Gasteiger partial charge on any atom is -0.508 e. The fourth-order valence-electron chi connectivity index (χ4n) is 7.45. The highest BCUT2D eigenvalue weighted by atomic mass is 16.4. The van der Waals surface area contributed by atoms with Crippen LogP contribution in [0.5, 0.6) is 5.75 Å². The Morgan fingerprint density at radius 2 is 1.67 bits per heavy atom. The minimum atomic E-state index is -1.03. The molecular weight excluding hydrogens is 695 g/mol. The van der Waals surface area contributed by atoms with E-state index >= 15 is 0 Å². The molecule has 2 aliphatic heterocycles. The zero-order valence-corrected chi connectivity index (χ0v) is 30.2. The number of rotatable bonds is 9. The lowest BCUT2D eigenvalue weighted by molar-refractivity contribution is -0.985. The van der Waals surface area contributed by atoms with Gasteiger partial charge >= 0.3 is 6.03 Å². The van der Waals surface area contributed by atoms with Crippen molar-refractivity contribution >= 4 is 34.8 Å². The van der Waals surface area contributed by atoms with E-state index < -0.39 is 12.2 Å². The molecule has 0 saturated carbocycles. The van der Waals surface area contributed by atoms with Gasteiger partial charge in [-0.3, -0.25) is 24.8 Å². The number of aromatic hydroxyl groups is 1. The van der Waals surface area contributed by atoms with Crippen LogP contribution in [-0.2, 0) is 29.2 Å². The Hall–Kier alpha value is -6.63. The number of phenols is 1. The quantitative estimate of drug-likeness (QED) is 0.174. The summed E-state index contributed by atoms with van der Waals surface area (Å²) >= 11 is 0. The van der Waals surface area contributed by atoms with Crippen LogP contribution in [0.4, 0.5) is 4.79 Å². The third kappa shape index (κ3) is 7.08. The van der Waals surface area contributed by atoms with Gasteiger partial charge in [0.1, 0.15) is 24.9 Å². The van der Waals surface area contributed by atoms with Gasteiger partial charge in [-0.2, -0.15) is 0 Å². The molecular formula is C43H40N7O5+. The lowest BCUT2D eigenvalue weighted by Crippen LogP contribution is -2.82. The van der Waals surface area contributed by atoms with E-state index in [2.05, 4.69) is 15.3 Å². The predicted octanol–water partition coefficient (Wildman–Crippen LogP) is 5.96. The zero-order chi connectivity index (χ0) is 37.9. The Balaban J connectivity index is 1.20. The molecule has 8 rings (SSSR count). The second-order valence-electron chi connectivity index (χ2n) is 13.9. The van der Waals surface area contributed by atoms with Crippen molar-refractivity contribution in [2.75, 3.05) is 20.1 Å². The number of nitrogens with zero attached hydrogens (tertiary/aromatic N) is 6. The van der Waals surface area contributed by atoms with E-state index in [0.717, 1.165) is 33.2 Å². The number of hydrogen-bond acceptors (Lipinski definition) is 8. The topological polar surface area (TPSA) is 132 Å². The first-order valence-corrected chi connectivity index (χ1v) is 18.1. The molecule has 0 radical (unpaired) electrons. The Labute approximate surface area is 318 Å². The van der Waals surface area contributed by atoms with E-state index in [-0.39, 0.29) is 60.9 Å². The summed E-state index contributed by atoms with van der Waals surface area (Å²) < 4.78 is 5.82. The first-order valence-electron chi connectivity index (χ1n) is 18.1. The number of amides is 4. The molecule has 2 saturated heterocycles. The summed E-state index contributed by atoms with van der Waals surface area (Å²) in [5.74, 6) is 0.446. The molecule has 12 nitrogen and oxygen atoms in total. The molecule has 4 amide bonds. The van der Waals surface area contributed by atoms with Gasteiger partial charge in [0.05, 0.1) is 25.3 Å². The summed E-state index contributed by atoms with van der Waals surface area (Å²) in [6, 6.07) is 34.1. The van der Waals surface area contributed by atoms with Crippen LogP contribution < -0.4 is 5.32 Å². The molecule has 6 aromatic rings. The van der Waals surface area contributed by atoms with Crippen LogP contribution in [0.3, 0.4) is 0 Å². The van der Waals surface area contributed by atoms with Gasteiger partial charge in [-0.25, -0.2) is 9.78 Å². The number of oxazole rings is 1. The van der Waals surface area contributed by atoms with Crippen molar-refractivity contribution in [1.29, 1.82) is 0 Å². The van der Waals surface area contributed by atoms with Gasteiger partial charge in [0.25, 0.3) is 0 Å². The monoisotopic (exact) mass is 734 g/mol. The lowest BCUT2D eigenvalue weighted by Gasteiger charge is -2.56. The molecule has 2 aromatic heterocycles. The number of urea groups is 1. The molecule has 276 valence electrons. The molecule has 0 spiro atoms. The van der Waals surface area contributed by atoms with Gasteiger partial charge < -0.3 is 14.4 Å². The number of hydrogen-bond donors (Lipinski definition) is 2. The Kier molecular flexibility index (Phi) is 9.66. The van der Waals surface area contributed by atoms with Crippen LogP contribution in [0.15, 0.2) is 138 Å². The molecule has 12 heteroatoms. The van der Waals surface area contributed by atoms with Gasteiger partial charge in [0, 0.05) is 30.2 Å². The van der Waals surface area contributed by atoms with Crippen LogP contribution in [0.2, 0.25) is 0 Å². The van der Waals surface area contributed by atoms with Gasteiger partial charge in [0.15, 0.2) is 5.76 Å². The highest BCUT2D eigenvalue weighted by Crippen LogP contribution is 2.35. The van der Waals surface area contributed by atoms with E-state index in [0.29, 0.717) is 11.7 Å². The highest BCUT2D eigenvalue weighted by Gasteiger charge is 2.60. The maximum absolute atomic E-state index is 14.8. The second-order valence-corrected chi connectivity index (χ2v) is 13.9. The van der Waals surface area contributed by atoms with Gasteiger partial charge in [-0.05, 0) is 41.0 Å². The summed E-state index contributed by atoms with van der Waals surface area (Å²) in [6.45, 7) is 0.428. The molecule has 2 aliphatic rings. The first kappa shape index (κ1) is 35.4. The molecule has 3 unspecified atom stereocenters. The normalized spacial score (nSPS) is 20.2. The Morgan fingerprint density at radius 1 is 0.909 bits per heavy atom. The summed E-state index contributed by atoms with van der Waals surface area (Å²) in [5, 5.41) is 15.7. The van der Waals surface area contributed by atoms with E-state index in [1.807, 2.05) is 91.0 Å². The number of aromatic nitrogens is 2. The number of quaternary nitrogens is 1. The lowest BCUT2D eigenvalue weighted by atomic mass is 10.0. The third-order valence-corrected chi connectivity index (χ3v) is 10.4. The Morgan fingerprint density at radius 3 is 2.45 bits per heavy atom. The number of carbonyl (C=O) groups excluding carboxylic acids is 3. The van der Waals surface area contributed by atoms with Crippen LogP contribution in [0.25, 0.3) is 28.3 Å². The number of piperazine rings is 1. The average molecular weight is 735 g/mol. The largest absolute Gasteiger partial charge is 0.508 e. The van der Waals surface area contributed by atoms with Crippen LogP contribution >= 0.6 is 0 Å². The van der Waals surface area contributed by atoms with Gasteiger partial charge in [-0.1, -0.05) is 103 Å². The Bertz CT molecular complexity index is 2360. The zero-order valence-electron chi connectivity index (χ0n) is 30.2. The third-order valence-electron chi connectivity index (χ3n) is 10.4. The van der Waals surface area contributed by atoms with Crippen molar-refractivity contribution < 1.29 is 28.5 Å². The van der Waals surface area contributed by atoms with Crippen LogP contribution in [0, 0.1) is 0 Å². The van der Waals surface area contributed by atoms with Crippen molar-refractivity contribution in [2.24, 2.45) is 0 Å². The highest BCUT2D eigenvalue weighted by molar-refractivity contribution is 5.93. The van der Waals surface area contributed by atoms with E-state index in [9.17, 15) is 19.5 Å². The van der Waals surface area contributed by atoms with E-state index in [1.54, 1.807) is 70.7 Å². The summed E-state index contributed by atoms with van der Waals surface area (Å²) in [5.41, 5.74) is 4.20. The number of benzene rings is 4. The molecule has 0 bridgehead atoms. The van der Waals surface area contributed by atoms with Gasteiger partial charge in [-0.15, -0.1) is 9.60 Å². The SMILES string of the molecule is C[N+]1(C(=O)NCc2ccccc2)C2CN(Cc3cccc4ncccc34)C(=O)C(/C=C/c3ccc(O)cc3)N2C(=O)CN1Cc1ncc(-c2ccccc2)o1. The van der Waals surface area contributed by atoms with Crippen LogP contribution in [0.1, 0.15) is 22.6 Å². The molecule has 2 fully saturated rings. The smallest absolute Gasteiger partial charge is 0.438 e. The molecule has 0 aliphatic carbocycles. The summed E-state index contributed by atoms with van der Waals surface area (Å²) in [6.07, 6.45) is 6.02. The fourth-order valence-corrected chi connectivity index (χ4v) is 7.45. The van der Waals surface area contributed by atoms with E-state index in [1.165, 1.54) is 0 Å². The van der Waals surface area contributed by atoms with Gasteiger partial charge in [0.2, 0.25) is 23.9 Å². The number of fused-ring (bicyclic) bond motifs is 2. The number of carbonyl (C=O) groups is 3. The molecule has 4 aromatic carbocycles. The van der Waals surface area contributed by atoms with Crippen molar-refractivity contribution in [3.05, 3.63) is 156 Å². The summed E-state index contributed by atoms with van der Waals surface area (Å²) in [4.78, 5) is 56.2. The molecule has 2 N–H and O–H groups in total. The maximum Gasteiger partial charge on any atom is 0.438 e. The number of phenolic OH excluding ortho intramolecular Hbond substituents is 1. The van der Waals surface area contributed by atoms with Crippen molar-refractivity contribution in [2.45, 2.75) is 31.8 Å². The minimum absolute atomic E-state index is 0.0507. The second kappa shape index (κ2) is 15.0. The number of nitrogens with one attached hydrogen (secondary N) is 1. The fraction of sp³-hybridized carbons (Fsp3) is 0.186. The van der Waals surface area contributed by atoms with E-state index in [4.69, 9.17) is 4.42 Å². The molecule has 3 atom stereocenters. The van der Waals surface area contributed by atoms with Crippen molar-refractivity contribution in [1.82, 2.24) is 30.1 Å². The van der Waals surface area contributed by atoms with Crippen LogP contribution in [-0.4, -0.2) is 84.7 Å². The summed E-state index contributed by atoms with van der Waals surface area (Å²) in [7, 11) is 1.78. The predicted molar refractivity (Wildman–Crippen MR) is 206 cm³/mol. The standard InChI is InChI=1S/C43H39N7O5/c1-50(43(54)46-24-31-10-4-2-5-11-31)40-28-47(26-33-14-8-16-36-35(33)15-9-23-44-36)42(53)37(22-19-30-17-20-34(51)21-18-30)49(40)41(52)29-48(50)27-39-45-25-38(55-39)32-12-6-3-7-13-32/h2-23,25,37,40H,24,26-29H2,1H3,(H-,46,51,54)/p+1/b22-19+. The maximum atomic E-state index is 14.8. The van der Waals surface area contributed by atoms with Crippen molar-refractivity contribution in [3.8, 4) is 17.1 Å². The first-order chi connectivity index (χ1) is 26.8.